The topological polar surface area (TPSA) is 21.3 Å². The van der Waals surface area contributed by atoms with Gasteiger partial charge >= 0.3 is 0 Å². The molecule has 1 aromatic carbocycles. The van der Waals surface area contributed by atoms with Crippen LogP contribution in [0.1, 0.15) is 25.0 Å². The van der Waals surface area contributed by atoms with Gasteiger partial charge in [0.1, 0.15) is 5.75 Å². The Bertz CT molecular complexity index is 349. The van der Waals surface area contributed by atoms with Crippen LogP contribution >= 0.6 is 0 Å². The van der Waals surface area contributed by atoms with Gasteiger partial charge in [0, 0.05) is 0 Å². The molecular formula is C15H25NO. The van der Waals surface area contributed by atoms with E-state index >= 15 is 0 Å². The standard InChI is InChI=1S/C15H25NO/c1-11-6-7-15(17-5)14(8-11)9-12(2)13(3)10-16-4/h6-8,12-13,16H,9-10H2,1-5H3. The number of methoxy groups -OCH3 is 1. The molecule has 17 heavy (non-hydrogen) atoms. The summed E-state index contributed by atoms with van der Waals surface area (Å²) in [5.41, 5.74) is 2.62. The van der Waals surface area contributed by atoms with Gasteiger partial charge in [-0.1, -0.05) is 31.5 Å². The van der Waals surface area contributed by atoms with Crippen molar-refractivity contribution in [2.75, 3.05) is 20.7 Å². The summed E-state index contributed by atoms with van der Waals surface area (Å²) in [6, 6.07) is 6.41. The molecule has 1 N–H and O–H groups in total. The number of hydrogen-bond donors (Lipinski definition) is 1. The Labute approximate surface area is 105 Å². The number of hydrogen-bond acceptors (Lipinski definition) is 2. The molecule has 0 bridgehead atoms. The van der Waals surface area contributed by atoms with E-state index in [2.05, 4.69) is 44.3 Å². The highest BCUT2D eigenvalue weighted by atomic mass is 16.5. The van der Waals surface area contributed by atoms with E-state index in [1.54, 1.807) is 7.11 Å². The molecule has 0 aromatic heterocycles. The maximum Gasteiger partial charge on any atom is 0.122 e. The van der Waals surface area contributed by atoms with Crippen molar-refractivity contribution in [1.29, 1.82) is 0 Å². The average Bonchev–Trinajstić information content (AvgIpc) is 2.29. The minimum absolute atomic E-state index is 0.651. The van der Waals surface area contributed by atoms with Gasteiger partial charge in [-0.15, -0.1) is 0 Å². The third-order valence-electron chi connectivity index (χ3n) is 3.48. The summed E-state index contributed by atoms with van der Waals surface area (Å²) in [6.45, 7) is 7.80. The first-order chi connectivity index (χ1) is 8.08. The molecule has 2 unspecified atom stereocenters. The molecule has 0 aliphatic rings. The summed E-state index contributed by atoms with van der Waals surface area (Å²) in [5.74, 6) is 2.34. The molecule has 0 saturated heterocycles. The Balaban J connectivity index is 2.76. The van der Waals surface area contributed by atoms with Gasteiger partial charge in [0.15, 0.2) is 0 Å². The summed E-state index contributed by atoms with van der Waals surface area (Å²) >= 11 is 0. The molecular weight excluding hydrogens is 210 g/mol. The first-order valence-electron chi connectivity index (χ1n) is 6.36. The molecule has 1 rings (SSSR count). The van der Waals surface area contributed by atoms with E-state index in [0.717, 1.165) is 18.7 Å². The van der Waals surface area contributed by atoms with Gasteiger partial charge in [-0.3, -0.25) is 0 Å². The van der Waals surface area contributed by atoms with Gasteiger partial charge < -0.3 is 10.1 Å². The zero-order valence-electron chi connectivity index (χ0n) is 11.7. The highest BCUT2D eigenvalue weighted by molar-refractivity contribution is 5.37. The smallest absolute Gasteiger partial charge is 0.122 e. The van der Waals surface area contributed by atoms with Crippen LogP contribution in [0.15, 0.2) is 18.2 Å². The molecule has 0 radical (unpaired) electrons. The minimum Gasteiger partial charge on any atom is -0.496 e. The normalized spacial score (nSPS) is 14.4. The van der Waals surface area contributed by atoms with Crippen molar-refractivity contribution in [2.45, 2.75) is 27.2 Å². The molecule has 0 amide bonds. The minimum atomic E-state index is 0.651. The van der Waals surface area contributed by atoms with Crippen LogP contribution in [0.4, 0.5) is 0 Å². The fourth-order valence-corrected chi connectivity index (χ4v) is 2.14. The quantitative estimate of drug-likeness (QED) is 0.818. The van der Waals surface area contributed by atoms with Crippen LogP contribution in [0.3, 0.4) is 0 Å². The maximum absolute atomic E-state index is 5.43. The predicted molar refractivity (Wildman–Crippen MR) is 73.7 cm³/mol. The molecule has 2 heteroatoms. The zero-order valence-corrected chi connectivity index (χ0v) is 11.7. The van der Waals surface area contributed by atoms with Crippen molar-refractivity contribution in [1.82, 2.24) is 5.32 Å². The third-order valence-corrected chi connectivity index (χ3v) is 3.48. The fourth-order valence-electron chi connectivity index (χ4n) is 2.14. The van der Waals surface area contributed by atoms with Crippen LogP contribution in [0.25, 0.3) is 0 Å². The molecule has 0 heterocycles. The summed E-state index contributed by atoms with van der Waals surface area (Å²) in [4.78, 5) is 0. The van der Waals surface area contributed by atoms with E-state index in [1.165, 1.54) is 11.1 Å². The molecule has 0 saturated carbocycles. The number of aryl methyl sites for hydroxylation is 1. The Morgan fingerprint density at radius 3 is 2.53 bits per heavy atom. The monoisotopic (exact) mass is 235 g/mol. The van der Waals surface area contributed by atoms with E-state index in [-0.39, 0.29) is 0 Å². The van der Waals surface area contributed by atoms with Crippen LogP contribution in [-0.4, -0.2) is 20.7 Å². The number of benzene rings is 1. The Hall–Kier alpha value is -1.02. The van der Waals surface area contributed by atoms with Crippen molar-refractivity contribution in [2.24, 2.45) is 11.8 Å². The second-order valence-corrected chi connectivity index (χ2v) is 5.03. The van der Waals surface area contributed by atoms with Crippen molar-refractivity contribution in [3.8, 4) is 5.75 Å². The van der Waals surface area contributed by atoms with Gasteiger partial charge in [-0.2, -0.15) is 0 Å². The number of ether oxygens (including phenoxy) is 1. The molecule has 2 atom stereocenters. The van der Waals surface area contributed by atoms with E-state index in [4.69, 9.17) is 4.74 Å². The van der Waals surface area contributed by atoms with Crippen LogP contribution < -0.4 is 10.1 Å². The van der Waals surface area contributed by atoms with Gasteiger partial charge in [0.2, 0.25) is 0 Å². The summed E-state index contributed by atoms with van der Waals surface area (Å²) in [6.07, 6.45) is 1.08. The highest BCUT2D eigenvalue weighted by Gasteiger charge is 2.14. The van der Waals surface area contributed by atoms with Crippen LogP contribution in [0, 0.1) is 18.8 Å². The fraction of sp³-hybridized carbons (Fsp3) is 0.600. The van der Waals surface area contributed by atoms with E-state index in [9.17, 15) is 0 Å². The molecule has 0 aliphatic heterocycles. The van der Waals surface area contributed by atoms with Crippen molar-refractivity contribution < 1.29 is 4.74 Å². The van der Waals surface area contributed by atoms with E-state index in [0.29, 0.717) is 11.8 Å². The molecule has 0 fully saturated rings. The Kier molecular flexibility index (Phi) is 5.49. The maximum atomic E-state index is 5.43. The summed E-state index contributed by atoms with van der Waals surface area (Å²) in [5, 5.41) is 3.24. The largest absolute Gasteiger partial charge is 0.496 e. The van der Waals surface area contributed by atoms with Crippen LogP contribution in [-0.2, 0) is 6.42 Å². The van der Waals surface area contributed by atoms with Crippen LogP contribution in [0.5, 0.6) is 5.75 Å². The summed E-state index contributed by atoms with van der Waals surface area (Å²) in [7, 11) is 3.76. The Morgan fingerprint density at radius 2 is 1.94 bits per heavy atom. The third kappa shape index (κ3) is 4.04. The lowest BCUT2D eigenvalue weighted by atomic mass is 9.89. The van der Waals surface area contributed by atoms with Crippen molar-refractivity contribution in [3.05, 3.63) is 29.3 Å². The van der Waals surface area contributed by atoms with E-state index < -0.39 is 0 Å². The molecule has 96 valence electrons. The van der Waals surface area contributed by atoms with Crippen molar-refractivity contribution in [3.63, 3.8) is 0 Å². The SMILES string of the molecule is CNCC(C)C(C)Cc1cc(C)ccc1OC. The number of rotatable bonds is 6. The van der Waals surface area contributed by atoms with Gasteiger partial charge in [0.25, 0.3) is 0 Å². The lowest BCUT2D eigenvalue weighted by Crippen LogP contribution is -2.23. The summed E-state index contributed by atoms with van der Waals surface area (Å²) < 4.78 is 5.43. The average molecular weight is 235 g/mol. The number of nitrogens with one attached hydrogen (secondary N) is 1. The second-order valence-electron chi connectivity index (χ2n) is 5.03. The predicted octanol–water partition coefficient (Wildman–Crippen LogP) is 3.04. The molecule has 0 aliphatic carbocycles. The lowest BCUT2D eigenvalue weighted by Gasteiger charge is -2.21. The van der Waals surface area contributed by atoms with Gasteiger partial charge in [-0.25, -0.2) is 0 Å². The lowest BCUT2D eigenvalue weighted by molar-refractivity contribution is 0.362. The molecule has 2 nitrogen and oxygen atoms in total. The second kappa shape index (κ2) is 6.65. The molecule has 0 spiro atoms. The van der Waals surface area contributed by atoms with Gasteiger partial charge in [0.05, 0.1) is 7.11 Å². The van der Waals surface area contributed by atoms with Gasteiger partial charge in [-0.05, 0) is 50.4 Å². The first kappa shape index (κ1) is 14.0. The molecule has 1 aromatic rings. The first-order valence-corrected chi connectivity index (χ1v) is 6.36. The zero-order chi connectivity index (χ0) is 12.8. The Morgan fingerprint density at radius 1 is 1.24 bits per heavy atom. The van der Waals surface area contributed by atoms with Crippen LogP contribution in [0.2, 0.25) is 0 Å². The van der Waals surface area contributed by atoms with E-state index in [1.807, 2.05) is 7.05 Å². The highest BCUT2D eigenvalue weighted by Crippen LogP contribution is 2.25. The van der Waals surface area contributed by atoms with Crippen molar-refractivity contribution >= 4 is 0 Å².